The third-order valence-electron chi connectivity index (χ3n) is 7.30. The largest absolute Gasteiger partial charge is 0.485 e. The van der Waals surface area contributed by atoms with Crippen LogP contribution in [-0.4, -0.2) is 36.9 Å². The summed E-state index contributed by atoms with van der Waals surface area (Å²) < 4.78 is 10.8. The number of hydrogen-bond donors (Lipinski definition) is 1. The fourth-order valence-corrected chi connectivity index (χ4v) is 4.83. The van der Waals surface area contributed by atoms with E-state index in [0.29, 0.717) is 39.5 Å². The van der Waals surface area contributed by atoms with Gasteiger partial charge in [-0.1, -0.05) is 54.1 Å². The Labute approximate surface area is 262 Å². The molecule has 0 unspecified atom stereocenters. The summed E-state index contributed by atoms with van der Waals surface area (Å²) in [5.41, 5.74) is 6.89. The number of carbonyl (C=O) groups excluding carboxylic acids is 3. The maximum atomic E-state index is 13.5. The number of hydrogen-bond acceptors (Lipinski definition) is 6. The van der Waals surface area contributed by atoms with Gasteiger partial charge in [0.1, 0.15) is 12.4 Å². The average Bonchev–Trinajstić information content (AvgIpc) is 3.07. The standard InChI is InChI=1S/C37H33N3O5/c1-24-10-18-31(26-8-6-5-7-9-26)32(20-24)35(41)39-29-15-12-27(13-16-29)36(42)40(3)33-19-11-25(2)21-34(33)45-23-30-17-14-28(22-38-30)37(43)44-4/h5-22H,23H2,1-4H3,(H,39,41). The van der Waals surface area contributed by atoms with E-state index < -0.39 is 5.97 Å². The van der Waals surface area contributed by atoms with Gasteiger partial charge in [-0.15, -0.1) is 0 Å². The predicted octanol–water partition coefficient (Wildman–Crippen LogP) is 7.26. The smallest absolute Gasteiger partial charge is 0.339 e. The number of ether oxygens (including phenoxy) is 2. The van der Waals surface area contributed by atoms with Gasteiger partial charge in [0.25, 0.3) is 11.8 Å². The lowest BCUT2D eigenvalue weighted by atomic mass is 9.97. The van der Waals surface area contributed by atoms with E-state index in [0.717, 1.165) is 22.3 Å². The molecule has 0 aliphatic heterocycles. The Hall–Kier alpha value is -5.76. The number of methoxy groups -OCH3 is 1. The van der Waals surface area contributed by atoms with Gasteiger partial charge in [-0.2, -0.15) is 0 Å². The van der Waals surface area contributed by atoms with Crippen LogP contribution in [0.1, 0.15) is 47.9 Å². The first-order chi connectivity index (χ1) is 21.7. The molecule has 5 aromatic rings. The molecule has 226 valence electrons. The second kappa shape index (κ2) is 13.7. The fraction of sp³-hybridized carbons (Fsp3) is 0.135. The predicted molar refractivity (Wildman–Crippen MR) is 175 cm³/mol. The van der Waals surface area contributed by atoms with Gasteiger partial charge >= 0.3 is 5.97 Å². The highest BCUT2D eigenvalue weighted by Crippen LogP contribution is 2.31. The SMILES string of the molecule is COC(=O)c1ccc(COc2cc(C)ccc2N(C)C(=O)c2ccc(NC(=O)c3cc(C)ccc3-c3ccccc3)cc2)nc1. The summed E-state index contributed by atoms with van der Waals surface area (Å²) in [6.45, 7) is 4.03. The first-order valence-electron chi connectivity index (χ1n) is 14.4. The number of carbonyl (C=O) groups is 3. The third-order valence-corrected chi connectivity index (χ3v) is 7.30. The van der Waals surface area contributed by atoms with Crippen LogP contribution < -0.4 is 15.0 Å². The molecular formula is C37H33N3O5. The quantitative estimate of drug-likeness (QED) is 0.179. The number of nitrogens with zero attached hydrogens (tertiary/aromatic N) is 2. The molecule has 0 aliphatic carbocycles. The molecule has 0 spiro atoms. The van der Waals surface area contributed by atoms with Crippen molar-refractivity contribution in [2.24, 2.45) is 0 Å². The van der Waals surface area contributed by atoms with E-state index in [2.05, 4.69) is 10.3 Å². The van der Waals surface area contributed by atoms with Crippen molar-refractivity contribution in [2.45, 2.75) is 20.5 Å². The summed E-state index contributed by atoms with van der Waals surface area (Å²) in [5, 5.41) is 2.97. The highest BCUT2D eigenvalue weighted by molar-refractivity contribution is 6.10. The van der Waals surface area contributed by atoms with Crippen LogP contribution in [0, 0.1) is 13.8 Å². The third kappa shape index (κ3) is 7.25. The maximum Gasteiger partial charge on any atom is 0.339 e. The molecule has 8 nitrogen and oxygen atoms in total. The van der Waals surface area contributed by atoms with Gasteiger partial charge in [-0.3, -0.25) is 14.6 Å². The molecule has 1 heterocycles. The molecular weight excluding hydrogens is 566 g/mol. The van der Waals surface area contributed by atoms with Crippen LogP contribution in [0.4, 0.5) is 11.4 Å². The summed E-state index contributed by atoms with van der Waals surface area (Å²) in [5.74, 6) is -0.423. The number of pyridine rings is 1. The fourth-order valence-electron chi connectivity index (χ4n) is 4.83. The molecule has 0 aliphatic rings. The molecule has 2 amide bonds. The molecule has 0 saturated carbocycles. The molecule has 8 heteroatoms. The van der Waals surface area contributed by atoms with Crippen molar-refractivity contribution in [2.75, 3.05) is 24.4 Å². The van der Waals surface area contributed by atoms with Crippen LogP contribution in [0.2, 0.25) is 0 Å². The van der Waals surface area contributed by atoms with Crippen molar-refractivity contribution in [1.82, 2.24) is 4.98 Å². The Morgan fingerprint density at radius 2 is 1.49 bits per heavy atom. The monoisotopic (exact) mass is 599 g/mol. The molecule has 4 aromatic carbocycles. The molecule has 0 atom stereocenters. The zero-order chi connectivity index (χ0) is 31.9. The normalized spacial score (nSPS) is 10.6. The summed E-state index contributed by atoms with van der Waals surface area (Å²) in [6.07, 6.45) is 1.44. The van der Waals surface area contributed by atoms with E-state index in [1.165, 1.54) is 18.2 Å². The molecule has 1 N–H and O–H groups in total. The second-order valence-electron chi connectivity index (χ2n) is 10.6. The topological polar surface area (TPSA) is 97.8 Å². The zero-order valence-corrected chi connectivity index (χ0v) is 25.5. The number of rotatable bonds is 9. The minimum absolute atomic E-state index is 0.140. The van der Waals surface area contributed by atoms with Crippen LogP contribution in [0.15, 0.2) is 109 Å². The van der Waals surface area contributed by atoms with Gasteiger partial charge in [0.05, 0.1) is 24.1 Å². The molecule has 45 heavy (non-hydrogen) atoms. The van der Waals surface area contributed by atoms with Gasteiger partial charge in [0.15, 0.2) is 0 Å². The van der Waals surface area contributed by atoms with E-state index in [1.54, 1.807) is 43.4 Å². The lowest BCUT2D eigenvalue weighted by Crippen LogP contribution is -2.26. The first-order valence-corrected chi connectivity index (χ1v) is 14.4. The van der Waals surface area contributed by atoms with E-state index in [9.17, 15) is 14.4 Å². The lowest BCUT2D eigenvalue weighted by Gasteiger charge is -2.21. The number of anilines is 2. The van der Waals surface area contributed by atoms with Crippen molar-refractivity contribution in [1.29, 1.82) is 0 Å². The number of benzene rings is 4. The number of aryl methyl sites for hydroxylation is 2. The Balaban J connectivity index is 1.29. The van der Waals surface area contributed by atoms with Crippen molar-refractivity contribution < 1.29 is 23.9 Å². The van der Waals surface area contributed by atoms with Crippen LogP contribution in [0.5, 0.6) is 5.75 Å². The molecule has 0 saturated heterocycles. The van der Waals surface area contributed by atoms with Gasteiger partial charge in [0.2, 0.25) is 0 Å². The van der Waals surface area contributed by atoms with Crippen molar-refractivity contribution >= 4 is 29.2 Å². The molecule has 1 aromatic heterocycles. The van der Waals surface area contributed by atoms with Crippen molar-refractivity contribution in [3.05, 3.63) is 143 Å². The number of aromatic nitrogens is 1. The molecule has 0 radical (unpaired) electrons. The van der Waals surface area contributed by atoms with Crippen LogP contribution in [-0.2, 0) is 11.3 Å². The van der Waals surface area contributed by atoms with E-state index >= 15 is 0 Å². The number of nitrogens with one attached hydrogen (secondary N) is 1. The summed E-state index contributed by atoms with van der Waals surface area (Å²) in [4.78, 5) is 44.3. The highest BCUT2D eigenvalue weighted by Gasteiger charge is 2.19. The number of esters is 1. The highest BCUT2D eigenvalue weighted by atomic mass is 16.5. The Morgan fingerprint density at radius 3 is 2.18 bits per heavy atom. The molecule has 5 rings (SSSR count). The Kier molecular flexibility index (Phi) is 9.34. The van der Waals surface area contributed by atoms with Crippen molar-refractivity contribution in [3.8, 4) is 16.9 Å². The maximum absolute atomic E-state index is 13.5. The Morgan fingerprint density at radius 1 is 0.800 bits per heavy atom. The van der Waals surface area contributed by atoms with Gasteiger partial charge in [-0.25, -0.2) is 4.79 Å². The summed E-state index contributed by atoms with van der Waals surface area (Å²) in [7, 11) is 3.00. The van der Waals surface area contributed by atoms with E-state index in [-0.39, 0.29) is 18.4 Å². The van der Waals surface area contributed by atoms with E-state index in [1.807, 2.05) is 80.6 Å². The van der Waals surface area contributed by atoms with Crippen LogP contribution >= 0.6 is 0 Å². The summed E-state index contributed by atoms with van der Waals surface area (Å²) in [6, 6.07) is 31.3. The molecule has 0 fully saturated rings. The zero-order valence-electron chi connectivity index (χ0n) is 25.5. The first kappa shape index (κ1) is 30.7. The van der Waals surface area contributed by atoms with Gasteiger partial charge in [-0.05, 0) is 85.1 Å². The van der Waals surface area contributed by atoms with Crippen LogP contribution in [0.3, 0.4) is 0 Å². The van der Waals surface area contributed by atoms with E-state index in [4.69, 9.17) is 9.47 Å². The van der Waals surface area contributed by atoms with Gasteiger partial charge < -0.3 is 19.7 Å². The average molecular weight is 600 g/mol. The Bertz CT molecular complexity index is 1840. The molecule has 0 bridgehead atoms. The summed E-state index contributed by atoms with van der Waals surface area (Å²) >= 11 is 0. The van der Waals surface area contributed by atoms with Crippen LogP contribution in [0.25, 0.3) is 11.1 Å². The van der Waals surface area contributed by atoms with Gasteiger partial charge in [0, 0.05) is 30.1 Å². The lowest BCUT2D eigenvalue weighted by molar-refractivity contribution is 0.0600. The second-order valence-corrected chi connectivity index (χ2v) is 10.6. The number of amides is 2. The van der Waals surface area contributed by atoms with Crippen molar-refractivity contribution in [3.63, 3.8) is 0 Å². The minimum Gasteiger partial charge on any atom is -0.485 e. The minimum atomic E-state index is -0.463.